The molecule has 2 heteroatoms. The van der Waals surface area contributed by atoms with Crippen molar-refractivity contribution in [1.29, 1.82) is 0 Å². The molecule has 2 nitrogen and oxygen atoms in total. The molecule has 1 atom stereocenters. The van der Waals surface area contributed by atoms with Crippen molar-refractivity contribution < 1.29 is 4.74 Å². The molecule has 21 heavy (non-hydrogen) atoms. The summed E-state index contributed by atoms with van der Waals surface area (Å²) in [6, 6.07) is 15.5. The number of rotatable bonds is 6. The number of aryl methyl sites for hydroxylation is 2. The molecule has 1 N–H and O–H groups in total. The Labute approximate surface area is 128 Å². The SMILES string of the molecule is CCc1ccc(CC(NC)c2cc(C)ccc2OC)cc1. The number of hydrogen-bond donors (Lipinski definition) is 1. The van der Waals surface area contributed by atoms with E-state index in [1.54, 1.807) is 7.11 Å². The van der Waals surface area contributed by atoms with Crippen LogP contribution < -0.4 is 10.1 Å². The van der Waals surface area contributed by atoms with E-state index in [4.69, 9.17) is 4.74 Å². The van der Waals surface area contributed by atoms with E-state index in [2.05, 4.69) is 61.6 Å². The highest BCUT2D eigenvalue weighted by molar-refractivity contribution is 5.40. The molecule has 0 saturated heterocycles. The van der Waals surface area contributed by atoms with Crippen LogP contribution in [-0.4, -0.2) is 14.2 Å². The van der Waals surface area contributed by atoms with Gasteiger partial charge in [-0.15, -0.1) is 0 Å². The second-order valence-electron chi connectivity index (χ2n) is 5.46. The average molecular weight is 283 g/mol. The molecule has 0 bridgehead atoms. The number of nitrogens with one attached hydrogen (secondary N) is 1. The predicted molar refractivity (Wildman–Crippen MR) is 89.1 cm³/mol. The van der Waals surface area contributed by atoms with E-state index >= 15 is 0 Å². The Kier molecular flexibility index (Phi) is 5.40. The molecule has 0 spiro atoms. The summed E-state index contributed by atoms with van der Waals surface area (Å²) in [5, 5.41) is 3.42. The molecular weight excluding hydrogens is 258 g/mol. The maximum atomic E-state index is 5.52. The molecule has 0 saturated carbocycles. The first kappa shape index (κ1) is 15.6. The Balaban J connectivity index is 2.24. The molecule has 1 unspecified atom stereocenters. The highest BCUT2D eigenvalue weighted by atomic mass is 16.5. The van der Waals surface area contributed by atoms with Gasteiger partial charge in [0.25, 0.3) is 0 Å². The molecule has 2 aromatic rings. The first-order valence-corrected chi connectivity index (χ1v) is 7.57. The first-order chi connectivity index (χ1) is 10.2. The molecular formula is C19H25NO. The normalized spacial score (nSPS) is 12.2. The standard InChI is InChI=1S/C19H25NO/c1-5-15-7-9-16(10-8-15)13-18(20-3)17-12-14(2)6-11-19(17)21-4/h6-12,18,20H,5,13H2,1-4H3. The number of hydrogen-bond acceptors (Lipinski definition) is 2. The Hall–Kier alpha value is -1.80. The Bertz CT molecular complexity index is 575. The lowest BCUT2D eigenvalue weighted by atomic mass is 9.96. The zero-order valence-corrected chi connectivity index (χ0v) is 13.4. The summed E-state index contributed by atoms with van der Waals surface area (Å²) in [6.07, 6.45) is 2.04. The highest BCUT2D eigenvalue weighted by Crippen LogP contribution is 2.28. The van der Waals surface area contributed by atoms with Gasteiger partial charge in [-0.25, -0.2) is 0 Å². The van der Waals surface area contributed by atoms with E-state index in [9.17, 15) is 0 Å². The topological polar surface area (TPSA) is 21.3 Å². The summed E-state index contributed by atoms with van der Waals surface area (Å²) in [6.45, 7) is 4.30. The van der Waals surface area contributed by atoms with Crippen LogP contribution in [0.1, 0.15) is 35.2 Å². The fourth-order valence-corrected chi connectivity index (χ4v) is 2.64. The van der Waals surface area contributed by atoms with Gasteiger partial charge >= 0.3 is 0 Å². The third-order valence-electron chi connectivity index (χ3n) is 3.98. The quantitative estimate of drug-likeness (QED) is 0.863. The van der Waals surface area contributed by atoms with Crippen LogP contribution >= 0.6 is 0 Å². The van der Waals surface area contributed by atoms with E-state index in [-0.39, 0.29) is 6.04 Å². The van der Waals surface area contributed by atoms with Crippen molar-refractivity contribution in [3.05, 3.63) is 64.7 Å². The van der Waals surface area contributed by atoms with Crippen LogP contribution in [0.25, 0.3) is 0 Å². The molecule has 112 valence electrons. The first-order valence-electron chi connectivity index (χ1n) is 7.57. The van der Waals surface area contributed by atoms with E-state index in [0.717, 1.165) is 18.6 Å². The second kappa shape index (κ2) is 7.28. The van der Waals surface area contributed by atoms with Crippen molar-refractivity contribution in [3.63, 3.8) is 0 Å². The molecule has 0 aliphatic heterocycles. The summed E-state index contributed by atoms with van der Waals surface area (Å²) in [4.78, 5) is 0. The van der Waals surface area contributed by atoms with Crippen molar-refractivity contribution >= 4 is 0 Å². The lowest BCUT2D eigenvalue weighted by Gasteiger charge is -2.20. The van der Waals surface area contributed by atoms with E-state index in [0.29, 0.717) is 0 Å². The summed E-state index contributed by atoms with van der Waals surface area (Å²) < 4.78 is 5.52. The fraction of sp³-hybridized carbons (Fsp3) is 0.368. The van der Waals surface area contributed by atoms with Crippen LogP contribution in [0.15, 0.2) is 42.5 Å². The van der Waals surface area contributed by atoms with Gasteiger partial charge in [-0.3, -0.25) is 0 Å². The molecule has 0 aromatic heterocycles. The third kappa shape index (κ3) is 3.85. The van der Waals surface area contributed by atoms with E-state index in [1.165, 1.54) is 22.3 Å². The smallest absolute Gasteiger partial charge is 0.123 e. The molecule has 0 aliphatic carbocycles. The van der Waals surface area contributed by atoms with Gasteiger partial charge in [0.15, 0.2) is 0 Å². The van der Waals surface area contributed by atoms with Gasteiger partial charge in [0, 0.05) is 11.6 Å². The van der Waals surface area contributed by atoms with Gasteiger partial charge in [-0.05, 0) is 44.0 Å². The minimum absolute atomic E-state index is 0.257. The van der Waals surface area contributed by atoms with Gasteiger partial charge in [-0.1, -0.05) is 48.9 Å². The van der Waals surface area contributed by atoms with E-state index in [1.807, 2.05) is 7.05 Å². The van der Waals surface area contributed by atoms with Gasteiger partial charge in [0.05, 0.1) is 7.11 Å². The van der Waals surface area contributed by atoms with Gasteiger partial charge in [0.2, 0.25) is 0 Å². The zero-order chi connectivity index (χ0) is 15.2. The summed E-state index contributed by atoms with van der Waals surface area (Å²) in [5.74, 6) is 0.949. The van der Waals surface area contributed by atoms with Crippen molar-refractivity contribution in [2.75, 3.05) is 14.2 Å². The molecule has 0 aliphatic rings. The maximum Gasteiger partial charge on any atom is 0.123 e. The van der Waals surface area contributed by atoms with Crippen LogP contribution in [0.5, 0.6) is 5.75 Å². The third-order valence-corrected chi connectivity index (χ3v) is 3.98. The fourth-order valence-electron chi connectivity index (χ4n) is 2.64. The van der Waals surface area contributed by atoms with Crippen molar-refractivity contribution in [2.45, 2.75) is 32.7 Å². The van der Waals surface area contributed by atoms with Gasteiger partial charge in [0.1, 0.15) is 5.75 Å². The molecule has 2 aromatic carbocycles. The number of methoxy groups -OCH3 is 1. The van der Waals surface area contributed by atoms with Crippen LogP contribution in [0.2, 0.25) is 0 Å². The maximum absolute atomic E-state index is 5.52. The van der Waals surface area contributed by atoms with Crippen LogP contribution in [0.4, 0.5) is 0 Å². The highest BCUT2D eigenvalue weighted by Gasteiger charge is 2.15. The second-order valence-corrected chi connectivity index (χ2v) is 5.46. The van der Waals surface area contributed by atoms with Gasteiger partial charge < -0.3 is 10.1 Å². The van der Waals surface area contributed by atoms with Crippen LogP contribution in [0.3, 0.4) is 0 Å². The van der Waals surface area contributed by atoms with Crippen LogP contribution in [0, 0.1) is 6.92 Å². The minimum atomic E-state index is 0.257. The number of ether oxygens (including phenoxy) is 1. The van der Waals surface area contributed by atoms with Crippen molar-refractivity contribution in [2.24, 2.45) is 0 Å². The van der Waals surface area contributed by atoms with Crippen LogP contribution in [-0.2, 0) is 12.8 Å². The monoisotopic (exact) mass is 283 g/mol. The molecule has 0 radical (unpaired) electrons. The molecule has 0 heterocycles. The lowest BCUT2D eigenvalue weighted by Crippen LogP contribution is -2.19. The Morgan fingerprint density at radius 3 is 2.29 bits per heavy atom. The summed E-state index contributed by atoms with van der Waals surface area (Å²) in [5.41, 5.74) is 5.20. The largest absolute Gasteiger partial charge is 0.496 e. The molecule has 0 fully saturated rings. The number of benzene rings is 2. The summed E-state index contributed by atoms with van der Waals surface area (Å²) in [7, 11) is 3.74. The van der Waals surface area contributed by atoms with Gasteiger partial charge in [-0.2, -0.15) is 0 Å². The van der Waals surface area contributed by atoms with Crippen molar-refractivity contribution in [3.8, 4) is 5.75 Å². The van der Waals surface area contributed by atoms with E-state index < -0.39 is 0 Å². The minimum Gasteiger partial charge on any atom is -0.496 e. The molecule has 2 rings (SSSR count). The Morgan fingerprint density at radius 2 is 1.71 bits per heavy atom. The lowest BCUT2D eigenvalue weighted by molar-refractivity contribution is 0.401. The predicted octanol–water partition coefficient (Wildman–Crippen LogP) is 4.07. The zero-order valence-electron chi connectivity index (χ0n) is 13.4. The summed E-state index contributed by atoms with van der Waals surface area (Å²) >= 11 is 0. The Morgan fingerprint density at radius 1 is 1.05 bits per heavy atom. The average Bonchev–Trinajstić information content (AvgIpc) is 2.53. The van der Waals surface area contributed by atoms with Crippen molar-refractivity contribution in [1.82, 2.24) is 5.32 Å². The molecule has 0 amide bonds. The number of likely N-dealkylation sites (N-methyl/N-ethyl adjacent to an activating group) is 1.